The van der Waals surface area contributed by atoms with E-state index in [0.29, 0.717) is 28.1 Å². The number of carboxylic acids is 1. The highest BCUT2D eigenvalue weighted by molar-refractivity contribution is 5.90. The summed E-state index contributed by atoms with van der Waals surface area (Å²) in [5.41, 5.74) is 6.83. The van der Waals surface area contributed by atoms with Crippen molar-refractivity contribution in [3.8, 4) is 12.1 Å². The van der Waals surface area contributed by atoms with Crippen LogP contribution in [0.3, 0.4) is 0 Å². The number of nitrogens with one attached hydrogen (secondary N) is 6. The summed E-state index contributed by atoms with van der Waals surface area (Å²) in [5, 5.41) is 46.9. The van der Waals surface area contributed by atoms with Crippen LogP contribution in [0.4, 0.5) is 21.0 Å². The van der Waals surface area contributed by atoms with Crippen LogP contribution in [0.1, 0.15) is 72.2 Å². The van der Waals surface area contributed by atoms with Crippen LogP contribution in [0.5, 0.6) is 0 Å². The topological polar surface area (TPSA) is 251 Å². The number of aromatic amines is 2. The van der Waals surface area contributed by atoms with Crippen LogP contribution in [0.25, 0.3) is 22.1 Å². The van der Waals surface area contributed by atoms with Crippen molar-refractivity contribution in [1.29, 1.82) is 10.5 Å². The maximum Gasteiger partial charge on any atom is 0.337 e. The molecule has 67 heavy (non-hydrogen) atoms. The number of aliphatic carboxylic acids is 1. The molecule has 17 nitrogen and oxygen atoms in total. The number of hydrogen-bond acceptors (Lipinski definition) is 10. The Hall–Kier alpha value is -8.09. The van der Waals surface area contributed by atoms with E-state index in [4.69, 9.17) is 30.7 Å². The molecule has 0 saturated carbocycles. The maximum atomic E-state index is 12.4. The van der Waals surface area contributed by atoms with Crippen LogP contribution in [0.2, 0.25) is 0 Å². The molecule has 17 heteroatoms. The molecule has 0 radical (unpaired) electrons. The first-order valence-corrected chi connectivity index (χ1v) is 21.9. The fourth-order valence-electron chi connectivity index (χ4n) is 8.07. The number of carbonyl (C=O) groups is 3. The first-order chi connectivity index (χ1) is 32.5. The monoisotopic (exact) mass is 900 g/mol. The summed E-state index contributed by atoms with van der Waals surface area (Å²) in [4.78, 5) is 55.8. The standard InChI is InChI=1S/2C21H22N6O.C8H8O3/c2*1-27-11-10-16(24-21(28)23-15-8-6-14(13-22)7-9-15)12-19(27)20-25-17-4-2-3-5-18(17)26-20;9-7(8(10)11)6-4-2-1-3-5-6/h2*2-9,16,19H,10-12H2,1H3,(H,25,26)(H2,23,24,28);1-5,7,9H,(H,10,11)/t2*16-,19-;7-/m110/s1. The van der Waals surface area contributed by atoms with Gasteiger partial charge in [-0.1, -0.05) is 54.6 Å². The van der Waals surface area contributed by atoms with E-state index in [0.717, 1.165) is 72.5 Å². The molecule has 4 heterocycles. The minimum Gasteiger partial charge on any atom is -0.479 e. The summed E-state index contributed by atoms with van der Waals surface area (Å²) in [5.74, 6) is 0.640. The molecule has 8 N–H and O–H groups in total. The molecule has 5 aromatic carbocycles. The van der Waals surface area contributed by atoms with Gasteiger partial charge >= 0.3 is 18.0 Å². The largest absolute Gasteiger partial charge is 0.479 e. The molecule has 4 amide bonds. The zero-order valence-electron chi connectivity index (χ0n) is 37.1. The molecule has 0 unspecified atom stereocenters. The quantitative estimate of drug-likeness (QED) is 0.0738. The van der Waals surface area contributed by atoms with Crippen molar-refractivity contribution in [3.05, 3.63) is 156 Å². The third kappa shape index (κ3) is 12.6. The molecular formula is C50H52N12O5. The number of aromatic nitrogens is 4. The third-order valence-electron chi connectivity index (χ3n) is 11.8. The molecule has 0 spiro atoms. The number of para-hydroxylation sites is 4. The van der Waals surface area contributed by atoms with E-state index in [1.165, 1.54) is 0 Å². The van der Waals surface area contributed by atoms with Crippen molar-refractivity contribution >= 4 is 51.5 Å². The lowest BCUT2D eigenvalue weighted by Gasteiger charge is -2.36. The molecule has 2 fully saturated rings. The molecule has 342 valence electrons. The predicted octanol–water partition coefficient (Wildman–Crippen LogP) is 7.59. The summed E-state index contributed by atoms with van der Waals surface area (Å²) < 4.78 is 0. The van der Waals surface area contributed by atoms with Crippen LogP contribution in [-0.4, -0.2) is 97.2 Å². The molecule has 5 atom stereocenters. The number of fused-ring (bicyclic) bond motifs is 2. The third-order valence-corrected chi connectivity index (χ3v) is 11.8. The normalized spacial score (nSPS) is 18.6. The van der Waals surface area contributed by atoms with E-state index in [2.05, 4.69) is 67.3 Å². The van der Waals surface area contributed by atoms with Crippen LogP contribution >= 0.6 is 0 Å². The first-order valence-electron chi connectivity index (χ1n) is 21.9. The number of likely N-dealkylation sites (tertiary alicyclic amines) is 2. The number of nitriles is 2. The molecule has 2 aliphatic rings. The van der Waals surface area contributed by atoms with E-state index in [9.17, 15) is 14.4 Å². The minimum atomic E-state index is -1.41. The Balaban J connectivity index is 0.000000163. The second-order valence-corrected chi connectivity index (χ2v) is 16.4. The number of anilines is 2. The molecule has 2 aliphatic heterocycles. The summed E-state index contributed by atoms with van der Waals surface area (Å²) in [6, 6.07) is 41.9. The number of carboxylic acid groups (broad SMARTS) is 1. The summed E-state index contributed by atoms with van der Waals surface area (Å²) in [6.07, 6.45) is 1.94. The molecule has 2 saturated heterocycles. The zero-order chi connectivity index (χ0) is 47.3. The van der Waals surface area contributed by atoms with Gasteiger partial charge in [-0.05, 0) is 118 Å². The second kappa shape index (κ2) is 22.2. The number of hydrogen-bond donors (Lipinski definition) is 8. The van der Waals surface area contributed by atoms with Crippen molar-refractivity contribution in [2.75, 3.05) is 37.8 Å². The van der Waals surface area contributed by atoms with Crippen LogP contribution < -0.4 is 21.3 Å². The van der Waals surface area contributed by atoms with Crippen LogP contribution in [0.15, 0.2) is 127 Å². The Morgan fingerprint density at radius 2 is 1.03 bits per heavy atom. The molecule has 2 aromatic heterocycles. The highest BCUT2D eigenvalue weighted by atomic mass is 16.4. The van der Waals surface area contributed by atoms with Gasteiger partial charge in [-0.2, -0.15) is 10.5 Å². The van der Waals surface area contributed by atoms with Crippen LogP contribution in [-0.2, 0) is 4.79 Å². The summed E-state index contributed by atoms with van der Waals surface area (Å²) in [6.45, 7) is 1.76. The number of urea groups is 2. The number of benzene rings is 5. The van der Waals surface area contributed by atoms with Gasteiger partial charge < -0.3 is 41.4 Å². The number of aliphatic hydroxyl groups is 1. The lowest BCUT2D eigenvalue weighted by atomic mass is 9.97. The molecular weight excluding hydrogens is 849 g/mol. The van der Waals surface area contributed by atoms with E-state index >= 15 is 0 Å². The van der Waals surface area contributed by atoms with Gasteiger partial charge in [0.25, 0.3) is 0 Å². The van der Waals surface area contributed by atoms with Gasteiger partial charge in [-0.25, -0.2) is 24.4 Å². The Kier molecular flexibility index (Phi) is 15.5. The van der Waals surface area contributed by atoms with Crippen molar-refractivity contribution < 1.29 is 24.6 Å². The lowest BCUT2D eigenvalue weighted by molar-refractivity contribution is -0.146. The van der Waals surface area contributed by atoms with Gasteiger partial charge in [0.05, 0.1) is 57.4 Å². The SMILES string of the molecule is CN1CC[C@@H](NC(=O)Nc2ccc(C#N)cc2)C[C@@H]1c1nc2ccccc2[nH]1.CN1CC[C@@H](NC(=O)Nc2ccc(C#N)cc2)C[C@@H]1c1nc2ccccc2[nH]1.O=C(O)[C@@H](O)c1ccccc1. The Morgan fingerprint density at radius 1 is 0.627 bits per heavy atom. The summed E-state index contributed by atoms with van der Waals surface area (Å²) in [7, 11) is 4.18. The van der Waals surface area contributed by atoms with Gasteiger partial charge in [0.2, 0.25) is 0 Å². The van der Waals surface area contributed by atoms with E-state index < -0.39 is 12.1 Å². The van der Waals surface area contributed by atoms with Crippen molar-refractivity contribution in [1.82, 2.24) is 40.4 Å². The smallest absolute Gasteiger partial charge is 0.337 e. The summed E-state index contributed by atoms with van der Waals surface area (Å²) >= 11 is 0. The predicted molar refractivity (Wildman–Crippen MR) is 255 cm³/mol. The van der Waals surface area contributed by atoms with Crippen molar-refractivity contribution in [3.63, 3.8) is 0 Å². The van der Waals surface area contributed by atoms with Gasteiger partial charge in [-0.3, -0.25) is 9.80 Å². The Morgan fingerprint density at radius 3 is 1.42 bits per heavy atom. The Labute approximate surface area is 387 Å². The second-order valence-electron chi connectivity index (χ2n) is 16.4. The fraction of sp³-hybridized carbons (Fsp3) is 0.260. The number of nitrogens with zero attached hydrogens (tertiary/aromatic N) is 6. The number of imidazole rings is 2. The van der Waals surface area contributed by atoms with Gasteiger partial charge in [0.1, 0.15) is 11.6 Å². The lowest BCUT2D eigenvalue weighted by Crippen LogP contribution is -2.46. The molecule has 0 aliphatic carbocycles. The molecule has 7 aromatic rings. The van der Waals surface area contributed by atoms with Gasteiger partial charge in [0.15, 0.2) is 6.10 Å². The Bertz CT molecular complexity index is 2620. The van der Waals surface area contributed by atoms with Gasteiger partial charge in [-0.15, -0.1) is 0 Å². The zero-order valence-corrected chi connectivity index (χ0v) is 37.1. The number of H-pyrrole nitrogens is 2. The first kappa shape index (κ1) is 46.9. The highest BCUT2D eigenvalue weighted by Crippen LogP contribution is 2.31. The number of piperidine rings is 2. The van der Waals surface area contributed by atoms with E-state index in [-0.39, 0.29) is 36.2 Å². The fourth-order valence-corrected chi connectivity index (χ4v) is 8.07. The number of rotatable bonds is 8. The minimum absolute atomic E-state index is 0.0628. The number of aliphatic hydroxyl groups excluding tert-OH is 1. The van der Waals surface area contributed by atoms with E-state index in [1.807, 2.05) is 48.5 Å². The average Bonchev–Trinajstić information content (AvgIpc) is 3.99. The van der Waals surface area contributed by atoms with E-state index in [1.54, 1.807) is 78.9 Å². The average molecular weight is 901 g/mol. The number of amides is 4. The maximum absolute atomic E-state index is 12.4. The van der Waals surface area contributed by atoms with Gasteiger partial charge in [0, 0.05) is 36.5 Å². The molecule has 9 rings (SSSR count). The number of carbonyl (C=O) groups excluding carboxylic acids is 2. The molecule has 0 bridgehead atoms. The highest BCUT2D eigenvalue weighted by Gasteiger charge is 2.32. The van der Waals surface area contributed by atoms with Crippen LogP contribution in [0, 0.1) is 22.7 Å². The van der Waals surface area contributed by atoms with Crippen molar-refractivity contribution in [2.24, 2.45) is 0 Å². The van der Waals surface area contributed by atoms with Crippen molar-refractivity contribution in [2.45, 2.75) is 56.0 Å².